The predicted octanol–water partition coefficient (Wildman–Crippen LogP) is 1.86. The van der Waals surface area contributed by atoms with E-state index in [1.54, 1.807) is 0 Å². The molecule has 9 nitrogen and oxygen atoms in total. The third-order valence-electron chi connectivity index (χ3n) is 5.30. The molecule has 0 bridgehead atoms. The van der Waals surface area contributed by atoms with Crippen LogP contribution in [0.4, 0.5) is 17.6 Å². The molecule has 3 aromatic heterocycles. The van der Waals surface area contributed by atoms with Gasteiger partial charge in [-0.3, -0.25) is 0 Å². The predicted molar refractivity (Wildman–Crippen MR) is 108 cm³/mol. The first-order valence-electron chi connectivity index (χ1n) is 10.0. The minimum absolute atomic E-state index is 0.527. The molecule has 1 aliphatic heterocycles. The van der Waals surface area contributed by atoms with E-state index in [-0.39, 0.29) is 0 Å². The van der Waals surface area contributed by atoms with Gasteiger partial charge in [-0.05, 0) is 38.8 Å². The standard InChI is InChI=1S/C19H25N9/c1-3-20-15-12-13(2)21-19(22-15)27-10-8-26(9-11-27)17-7-6-16-23-24-18(14-4-5-14)28(16)25-17/h6-7,12,14H,3-5,8-11H2,1-2H3,(H,20,21,22). The molecule has 146 valence electrons. The molecule has 0 spiro atoms. The van der Waals surface area contributed by atoms with Gasteiger partial charge < -0.3 is 15.1 Å². The molecular formula is C19H25N9. The molecule has 28 heavy (non-hydrogen) atoms. The van der Waals surface area contributed by atoms with Gasteiger partial charge in [0.2, 0.25) is 5.95 Å². The summed E-state index contributed by atoms with van der Waals surface area (Å²) >= 11 is 0. The van der Waals surface area contributed by atoms with Crippen molar-refractivity contribution in [3.05, 3.63) is 29.7 Å². The van der Waals surface area contributed by atoms with Crippen molar-refractivity contribution >= 4 is 23.2 Å². The zero-order chi connectivity index (χ0) is 19.1. The summed E-state index contributed by atoms with van der Waals surface area (Å²) in [4.78, 5) is 13.9. The quantitative estimate of drug-likeness (QED) is 0.719. The lowest BCUT2D eigenvalue weighted by Gasteiger charge is -2.35. The maximum atomic E-state index is 4.83. The Balaban J connectivity index is 1.32. The molecule has 2 aliphatic rings. The van der Waals surface area contributed by atoms with Crippen LogP contribution in [-0.4, -0.2) is 62.5 Å². The van der Waals surface area contributed by atoms with E-state index in [0.717, 1.165) is 67.5 Å². The number of hydrogen-bond donors (Lipinski definition) is 1. The minimum atomic E-state index is 0.527. The van der Waals surface area contributed by atoms with Gasteiger partial charge >= 0.3 is 0 Å². The van der Waals surface area contributed by atoms with Crippen LogP contribution < -0.4 is 15.1 Å². The van der Waals surface area contributed by atoms with Crippen LogP contribution in [0.25, 0.3) is 5.65 Å². The highest BCUT2D eigenvalue weighted by atomic mass is 15.4. The second-order valence-electron chi connectivity index (χ2n) is 7.49. The van der Waals surface area contributed by atoms with Crippen LogP contribution in [0.3, 0.4) is 0 Å². The van der Waals surface area contributed by atoms with Crippen molar-refractivity contribution in [3.8, 4) is 0 Å². The van der Waals surface area contributed by atoms with Gasteiger partial charge in [0.15, 0.2) is 11.5 Å². The Labute approximate surface area is 163 Å². The van der Waals surface area contributed by atoms with Crippen molar-refractivity contribution in [1.82, 2.24) is 29.8 Å². The number of aryl methyl sites for hydroxylation is 1. The number of hydrogen-bond acceptors (Lipinski definition) is 8. The summed E-state index contributed by atoms with van der Waals surface area (Å²) < 4.78 is 1.92. The molecule has 1 N–H and O–H groups in total. The lowest BCUT2D eigenvalue weighted by Crippen LogP contribution is -2.47. The van der Waals surface area contributed by atoms with Gasteiger partial charge in [-0.25, -0.2) is 4.98 Å². The molecule has 0 atom stereocenters. The van der Waals surface area contributed by atoms with Crippen molar-refractivity contribution in [2.75, 3.05) is 47.8 Å². The second kappa shape index (κ2) is 6.88. The Morgan fingerprint density at radius 2 is 1.82 bits per heavy atom. The lowest BCUT2D eigenvalue weighted by molar-refractivity contribution is 0.627. The molecule has 0 amide bonds. The third kappa shape index (κ3) is 3.21. The van der Waals surface area contributed by atoms with Crippen LogP contribution in [0, 0.1) is 6.92 Å². The van der Waals surface area contributed by atoms with E-state index in [4.69, 9.17) is 5.10 Å². The summed E-state index contributed by atoms with van der Waals surface area (Å²) in [5.41, 5.74) is 1.81. The third-order valence-corrected chi connectivity index (χ3v) is 5.30. The Bertz CT molecular complexity index is 986. The van der Waals surface area contributed by atoms with E-state index in [2.05, 4.69) is 42.2 Å². The molecule has 0 aromatic carbocycles. The molecule has 5 rings (SSSR count). The highest BCUT2D eigenvalue weighted by Crippen LogP contribution is 2.38. The monoisotopic (exact) mass is 379 g/mol. The summed E-state index contributed by atoms with van der Waals surface area (Å²) in [6.45, 7) is 8.44. The minimum Gasteiger partial charge on any atom is -0.370 e. The average molecular weight is 379 g/mol. The topological polar surface area (TPSA) is 87.4 Å². The number of nitrogens with one attached hydrogen (secondary N) is 1. The number of aromatic nitrogens is 6. The molecular weight excluding hydrogens is 354 g/mol. The first-order valence-corrected chi connectivity index (χ1v) is 10.0. The van der Waals surface area contributed by atoms with Crippen LogP contribution in [0.2, 0.25) is 0 Å². The zero-order valence-corrected chi connectivity index (χ0v) is 16.3. The molecule has 4 heterocycles. The summed E-state index contributed by atoms with van der Waals surface area (Å²) in [6, 6.07) is 6.04. The molecule has 1 saturated heterocycles. The van der Waals surface area contributed by atoms with Crippen LogP contribution in [-0.2, 0) is 0 Å². The first kappa shape index (κ1) is 17.2. The Kier molecular flexibility index (Phi) is 4.22. The Morgan fingerprint density at radius 1 is 1.04 bits per heavy atom. The van der Waals surface area contributed by atoms with E-state index in [0.29, 0.717) is 5.92 Å². The Morgan fingerprint density at radius 3 is 2.57 bits per heavy atom. The van der Waals surface area contributed by atoms with Crippen molar-refractivity contribution < 1.29 is 0 Å². The zero-order valence-electron chi connectivity index (χ0n) is 16.3. The highest BCUT2D eigenvalue weighted by Gasteiger charge is 2.29. The van der Waals surface area contributed by atoms with Gasteiger partial charge in [0.25, 0.3) is 0 Å². The van der Waals surface area contributed by atoms with Crippen LogP contribution in [0.15, 0.2) is 18.2 Å². The van der Waals surface area contributed by atoms with Crippen LogP contribution in [0.1, 0.15) is 37.2 Å². The smallest absolute Gasteiger partial charge is 0.227 e. The number of fused-ring (bicyclic) bond motifs is 1. The van der Waals surface area contributed by atoms with E-state index >= 15 is 0 Å². The fourth-order valence-corrected chi connectivity index (χ4v) is 3.66. The maximum Gasteiger partial charge on any atom is 0.227 e. The maximum absolute atomic E-state index is 4.83. The van der Waals surface area contributed by atoms with E-state index in [1.165, 1.54) is 12.8 Å². The van der Waals surface area contributed by atoms with E-state index < -0.39 is 0 Å². The summed E-state index contributed by atoms with van der Waals surface area (Å²) in [6.07, 6.45) is 2.38. The largest absolute Gasteiger partial charge is 0.370 e. The van der Waals surface area contributed by atoms with Gasteiger partial charge in [-0.2, -0.15) is 9.50 Å². The van der Waals surface area contributed by atoms with Gasteiger partial charge in [0, 0.05) is 50.4 Å². The lowest BCUT2D eigenvalue weighted by atomic mass is 10.3. The summed E-state index contributed by atoms with van der Waals surface area (Å²) in [5.74, 6) is 4.19. The SMILES string of the molecule is CCNc1cc(C)nc(N2CCN(c3ccc4nnc(C5CC5)n4n3)CC2)n1. The highest BCUT2D eigenvalue weighted by molar-refractivity contribution is 5.49. The molecule has 1 saturated carbocycles. The van der Waals surface area contributed by atoms with Gasteiger partial charge in [-0.15, -0.1) is 15.3 Å². The van der Waals surface area contributed by atoms with Gasteiger partial charge in [0.1, 0.15) is 11.6 Å². The molecule has 1 aliphatic carbocycles. The first-order chi connectivity index (χ1) is 13.7. The van der Waals surface area contributed by atoms with Crippen molar-refractivity contribution in [2.45, 2.75) is 32.6 Å². The van der Waals surface area contributed by atoms with Gasteiger partial charge in [0.05, 0.1) is 0 Å². The molecule has 0 radical (unpaired) electrons. The molecule has 9 heteroatoms. The van der Waals surface area contributed by atoms with Crippen molar-refractivity contribution in [2.24, 2.45) is 0 Å². The Hall–Kier alpha value is -2.97. The van der Waals surface area contributed by atoms with Crippen molar-refractivity contribution in [3.63, 3.8) is 0 Å². The summed E-state index contributed by atoms with van der Waals surface area (Å²) in [5, 5.41) is 16.7. The van der Waals surface area contributed by atoms with Crippen molar-refractivity contribution in [1.29, 1.82) is 0 Å². The number of nitrogens with zero attached hydrogens (tertiary/aromatic N) is 8. The fraction of sp³-hybridized carbons (Fsp3) is 0.526. The summed E-state index contributed by atoms with van der Waals surface area (Å²) in [7, 11) is 0. The van der Waals surface area contributed by atoms with Gasteiger partial charge in [-0.1, -0.05) is 0 Å². The normalized spacial score (nSPS) is 17.4. The van der Waals surface area contributed by atoms with Crippen LogP contribution in [0.5, 0.6) is 0 Å². The number of rotatable bonds is 5. The molecule has 3 aromatic rings. The van der Waals surface area contributed by atoms with E-state index in [9.17, 15) is 0 Å². The fourth-order valence-electron chi connectivity index (χ4n) is 3.66. The average Bonchev–Trinajstić information content (AvgIpc) is 3.46. The second-order valence-corrected chi connectivity index (χ2v) is 7.49. The van der Waals surface area contributed by atoms with E-state index in [1.807, 2.05) is 29.6 Å². The van der Waals surface area contributed by atoms with Crippen LogP contribution >= 0.6 is 0 Å². The molecule has 2 fully saturated rings. The molecule has 0 unspecified atom stereocenters. The number of piperazine rings is 1. The number of anilines is 3.